The summed E-state index contributed by atoms with van der Waals surface area (Å²) >= 11 is 0. The molecular formula is C19H17NO5. The van der Waals surface area contributed by atoms with E-state index >= 15 is 0 Å². The predicted octanol–water partition coefficient (Wildman–Crippen LogP) is 4.05. The number of nitrogens with zero attached hydrogens (tertiary/aromatic N) is 1. The lowest BCUT2D eigenvalue weighted by atomic mass is 10.1. The molecule has 128 valence electrons. The summed E-state index contributed by atoms with van der Waals surface area (Å²) in [5, 5.41) is 10.1. The summed E-state index contributed by atoms with van der Waals surface area (Å²) in [5.41, 5.74) is 1.60. The number of hydrogen-bond donors (Lipinski definition) is 1. The van der Waals surface area contributed by atoms with Crippen molar-refractivity contribution in [3.63, 3.8) is 0 Å². The van der Waals surface area contributed by atoms with Crippen LogP contribution in [0.25, 0.3) is 10.9 Å². The van der Waals surface area contributed by atoms with Gasteiger partial charge in [0.05, 0.1) is 19.7 Å². The number of fused-ring (bicyclic) bond motifs is 1. The topological polar surface area (TPSA) is 77.9 Å². The van der Waals surface area contributed by atoms with Crippen molar-refractivity contribution in [2.75, 3.05) is 14.2 Å². The largest absolute Gasteiger partial charge is 0.493 e. The number of aryl methyl sites for hydroxylation is 1. The SMILES string of the molecule is COc1cc2nccc(Oc3ccc(C)cc3C(=O)O)c2cc1OC. The Morgan fingerprint density at radius 1 is 0.960 bits per heavy atom. The summed E-state index contributed by atoms with van der Waals surface area (Å²) in [7, 11) is 3.10. The zero-order chi connectivity index (χ0) is 18.0. The number of ether oxygens (including phenoxy) is 3. The summed E-state index contributed by atoms with van der Waals surface area (Å²) in [6.07, 6.45) is 1.60. The van der Waals surface area contributed by atoms with E-state index in [2.05, 4.69) is 4.98 Å². The number of hydrogen-bond acceptors (Lipinski definition) is 5. The lowest BCUT2D eigenvalue weighted by Gasteiger charge is -2.13. The second kappa shape index (κ2) is 6.68. The zero-order valence-corrected chi connectivity index (χ0v) is 14.1. The van der Waals surface area contributed by atoms with Crippen molar-refractivity contribution < 1.29 is 24.1 Å². The van der Waals surface area contributed by atoms with Gasteiger partial charge in [-0.15, -0.1) is 0 Å². The minimum absolute atomic E-state index is 0.102. The number of carboxylic acid groups (broad SMARTS) is 1. The summed E-state index contributed by atoms with van der Waals surface area (Å²) in [6.45, 7) is 1.83. The fraction of sp³-hybridized carbons (Fsp3) is 0.158. The lowest BCUT2D eigenvalue weighted by Crippen LogP contribution is -2.01. The van der Waals surface area contributed by atoms with Crippen LogP contribution in [0.1, 0.15) is 15.9 Å². The molecule has 0 saturated heterocycles. The number of aromatic nitrogens is 1. The highest BCUT2D eigenvalue weighted by Crippen LogP contribution is 2.37. The smallest absolute Gasteiger partial charge is 0.339 e. The van der Waals surface area contributed by atoms with Crippen LogP contribution in [-0.2, 0) is 0 Å². The first-order chi connectivity index (χ1) is 12.0. The molecule has 6 nitrogen and oxygen atoms in total. The molecule has 0 aliphatic heterocycles. The van der Waals surface area contributed by atoms with E-state index in [9.17, 15) is 9.90 Å². The van der Waals surface area contributed by atoms with Crippen molar-refractivity contribution in [2.24, 2.45) is 0 Å². The third-order valence-corrected chi connectivity index (χ3v) is 3.79. The molecular weight excluding hydrogens is 322 g/mol. The lowest BCUT2D eigenvalue weighted by molar-refractivity contribution is 0.0694. The van der Waals surface area contributed by atoms with Crippen LogP contribution in [0, 0.1) is 6.92 Å². The second-order valence-electron chi connectivity index (χ2n) is 5.44. The molecule has 1 N–H and O–H groups in total. The number of rotatable bonds is 5. The summed E-state index contributed by atoms with van der Waals surface area (Å²) in [4.78, 5) is 15.8. The van der Waals surface area contributed by atoms with Gasteiger partial charge < -0.3 is 19.3 Å². The van der Waals surface area contributed by atoms with Gasteiger partial charge in [0.1, 0.15) is 17.1 Å². The van der Waals surface area contributed by atoms with E-state index < -0.39 is 5.97 Å². The van der Waals surface area contributed by atoms with Gasteiger partial charge in [-0.05, 0) is 31.2 Å². The minimum atomic E-state index is -1.05. The summed E-state index contributed by atoms with van der Waals surface area (Å²) in [6, 6.07) is 10.2. The molecule has 6 heteroatoms. The highest BCUT2D eigenvalue weighted by molar-refractivity contribution is 5.92. The van der Waals surface area contributed by atoms with Crippen molar-refractivity contribution in [1.82, 2.24) is 4.98 Å². The Bertz CT molecular complexity index is 952. The Morgan fingerprint density at radius 3 is 2.36 bits per heavy atom. The van der Waals surface area contributed by atoms with Crippen LogP contribution in [0.5, 0.6) is 23.0 Å². The fourth-order valence-corrected chi connectivity index (χ4v) is 2.55. The van der Waals surface area contributed by atoms with Crippen molar-refractivity contribution in [2.45, 2.75) is 6.92 Å². The monoisotopic (exact) mass is 339 g/mol. The van der Waals surface area contributed by atoms with Crippen molar-refractivity contribution in [3.05, 3.63) is 53.7 Å². The van der Waals surface area contributed by atoms with Crippen molar-refractivity contribution in [3.8, 4) is 23.0 Å². The van der Waals surface area contributed by atoms with Crippen LogP contribution in [0.2, 0.25) is 0 Å². The summed E-state index contributed by atoms with van der Waals surface area (Å²) < 4.78 is 16.5. The van der Waals surface area contributed by atoms with E-state index in [-0.39, 0.29) is 11.3 Å². The van der Waals surface area contributed by atoms with Crippen LogP contribution in [-0.4, -0.2) is 30.3 Å². The van der Waals surface area contributed by atoms with Crippen molar-refractivity contribution >= 4 is 16.9 Å². The molecule has 0 bridgehead atoms. The van der Waals surface area contributed by atoms with Gasteiger partial charge in [0.2, 0.25) is 0 Å². The fourth-order valence-electron chi connectivity index (χ4n) is 2.55. The normalized spacial score (nSPS) is 10.5. The Kier molecular flexibility index (Phi) is 4.43. The van der Waals surface area contributed by atoms with E-state index in [1.807, 2.05) is 6.92 Å². The highest BCUT2D eigenvalue weighted by atomic mass is 16.5. The molecule has 1 heterocycles. The number of benzene rings is 2. The third-order valence-electron chi connectivity index (χ3n) is 3.79. The number of aromatic carboxylic acids is 1. The van der Waals surface area contributed by atoms with Crippen LogP contribution >= 0.6 is 0 Å². The maximum atomic E-state index is 11.5. The molecule has 0 fully saturated rings. The predicted molar refractivity (Wildman–Crippen MR) is 93.1 cm³/mol. The molecule has 3 aromatic rings. The molecule has 0 unspecified atom stereocenters. The van der Waals surface area contributed by atoms with Crippen LogP contribution in [0.15, 0.2) is 42.6 Å². The molecule has 0 radical (unpaired) electrons. The maximum absolute atomic E-state index is 11.5. The summed E-state index contributed by atoms with van der Waals surface area (Å²) in [5.74, 6) is 0.797. The molecule has 0 aliphatic rings. The standard InChI is InChI=1S/C19H17NO5/c1-11-4-5-15(13(8-11)19(21)22)25-16-6-7-20-14-10-18(24-3)17(23-2)9-12(14)16/h4-10H,1-3H3,(H,21,22). The van der Waals surface area contributed by atoms with E-state index in [1.165, 1.54) is 0 Å². The number of methoxy groups -OCH3 is 2. The molecule has 25 heavy (non-hydrogen) atoms. The Balaban J connectivity index is 2.12. The van der Waals surface area contributed by atoms with Gasteiger partial charge in [-0.25, -0.2) is 4.79 Å². The van der Waals surface area contributed by atoms with Gasteiger partial charge in [-0.3, -0.25) is 4.98 Å². The molecule has 2 aromatic carbocycles. The number of carbonyl (C=O) groups is 1. The highest BCUT2D eigenvalue weighted by Gasteiger charge is 2.15. The van der Waals surface area contributed by atoms with Crippen molar-refractivity contribution in [1.29, 1.82) is 0 Å². The molecule has 3 rings (SSSR count). The molecule has 0 aliphatic carbocycles. The van der Waals surface area contributed by atoms with Crippen LogP contribution in [0.3, 0.4) is 0 Å². The van der Waals surface area contributed by atoms with Gasteiger partial charge in [0, 0.05) is 17.6 Å². The first-order valence-corrected chi connectivity index (χ1v) is 7.56. The van der Waals surface area contributed by atoms with Gasteiger partial charge in [-0.2, -0.15) is 0 Å². The van der Waals surface area contributed by atoms with E-state index in [1.54, 1.807) is 56.8 Å². The Labute approximate surface area is 144 Å². The number of carboxylic acids is 1. The van der Waals surface area contributed by atoms with Gasteiger partial charge in [0.15, 0.2) is 11.5 Å². The first-order valence-electron chi connectivity index (χ1n) is 7.56. The van der Waals surface area contributed by atoms with Gasteiger partial charge in [-0.1, -0.05) is 11.6 Å². The molecule has 0 amide bonds. The van der Waals surface area contributed by atoms with E-state index in [0.29, 0.717) is 28.2 Å². The first kappa shape index (κ1) is 16.6. The third kappa shape index (κ3) is 3.19. The Hall–Kier alpha value is -3.28. The zero-order valence-electron chi connectivity index (χ0n) is 14.1. The molecule has 0 saturated carbocycles. The van der Waals surface area contributed by atoms with Gasteiger partial charge >= 0.3 is 5.97 Å². The Morgan fingerprint density at radius 2 is 1.68 bits per heavy atom. The average molecular weight is 339 g/mol. The van der Waals surface area contributed by atoms with E-state index in [4.69, 9.17) is 14.2 Å². The maximum Gasteiger partial charge on any atom is 0.339 e. The quantitative estimate of drug-likeness (QED) is 0.755. The molecule has 0 spiro atoms. The molecule has 0 atom stereocenters. The van der Waals surface area contributed by atoms with Gasteiger partial charge in [0.25, 0.3) is 0 Å². The van der Waals surface area contributed by atoms with E-state index in [0.717, 1.165) is 5.56 Å². The average Bonchev–Trinajstić information content (AvgIpc) is 2.62. The molecule has 1 aromatic heterocycles. The minimum Gasteiger partial charge on any atom is -0.493 e. The second-order valence-corrected chi connectivity index (χ2v) is 5.44. The van der Waals surface area contributed by atoms with Crippen LogP contribution < -0.4 is 14.2 Å². The number of pyridine rings is 1. The van der Waals surface area contributed by atoms with Crippen LogP contribution in [0.4, 0.5) is 0 Å².